The van der Waals surface area contributed by atoms with E-state index in [1.807, 2.05) is 29.9 Å². The molecule has 1 aromatic heterocycles. The molecule has 1 aromatic rings. The summed E-state index contributed by atoms with van der Waals surface area (Å²) in [5.41, 5.74) is 1.27. The number of carbonyl (C=O) groups is 1. The highest BCUT2D eigenvalue weighted by Gasteiger charge is 2.35. The molecule has 0 saturated carbocycles. The molecule has 0 unspecified atom stereocenters. The van der Waals surface area contributed by atoms with Gasteiger partial charge in [-0.1, -0.05) is 6.92 Å². The van der Waals surface area contributed by atoms with Crippen LogP contribution in [-0.2, 0) is 16.6 Å². The van der Waals surface area contributed by atoms with Crippen LogP contribution in [0.15, 0.2) is 12.4 Å². The van der Waals surface area contributed by atoms with Gasteiger partial charge in [-0.05, 0) is 38.3 Å². The van der Waals surface area contributed by atoms with Gasteiger partial charge in [0.25, 0.3) is 0 Å². The molecule has 0 aromatic carbocycles. The summed E-state index contributed by atoms with van der Waals surface area (Å²) >= 11 is 0. The average molecular weight is 334 g/mol. The van der Waals surface area contributed by atoms with Crippen LogP contribution in [-0.4, -0.2) is 65.4 Å². The second-order valence-corrected chi connectivity index (χ2v) is 7.20. The second kappa shape index (κ2) is 7.66. The lowest BCUT2D eigenvalue weighted by Gasteiger charge is -2.42. The molecular formula is C18H30N4O2. The molecule has 2 aliphatic rings. The number of ether oxygens (including phenoxy) is 1. The maximum atomic E-state index is 12.6. The Bertz CT molecular complexity index is 553. The van der Waals surface area contributed by atoms with Crippen LogP contribution in [0.5, 0.6) is 0 Å². The molecule has 3 atom stereocenters. The zero-order valence-electron chi connectivity index (χ0n) is 15.1. The van der Waals surface area contributed by atoms with Crippen molar-refractivity contribution in [3.05, 3.63) is 18.0 Å². The summed E-state index contributed by atoms with van der Waals surface area (Å²) in [6, 6.07) is 0.354. The minimum Gasteiger partial charge on any atom is -0.381 e. The highest BCUT2D eigenvalue weighted by Crippen LogP contribution is 2.36. The smallest absolute Gasteiger partial charge is 0.227 e. The number of piperidine rings is 1. The minimum absolute atomic E-state index is 0.0534. The number of likely N-dealkylation sites (tertiary alicyclic amines) is 1. The van der Waals surface area contributed by atoms with Crippen LogP contribution in [0.25, 0.3) is 0 Å². The van der Waals surface area contributed by atoms with Gasteiger partial charge in [0.1, 0.15) is 0 Å². The molecule has 3 rings (SSSR count). The maximum absolute atomic E-state index is 12.6. The van der Waals surface area contributed by atoms with Crippen molar-refractivity contribution in [3.8, 4) is 0 Å². The molecule has 0 aliphatic carbocycles. The van der Waals surface area contributed by atoms with Crippen molar-refractivity contribution in [2.45, 2.75) is 32.2 Å². The summed E-state index contributed by atoms with van der Waals surface area (Å²) < 4.78 is 7.25. The predicted octanol–water partition coefficient (Wildman–Crippen LogP) is 1.69. The molecule has 2 fully saturated rings. The van der Waals surface area contributed by atoms with Gasteiger partial charge < -0.3 is 9.64 Å². The second-order valence-electron chi connectivity index (χ2n) is 7.20. The van der Waals surface area contributed by atoms with Crippen molar-refractivity contribution in [2.75, 3.05) is 39.9 Å². The van der Waals surface area contributed by atoms with E-state index in [4.69, 9.17) is 4.74 Å². The minimum atomic E-state index is 0.0534. The van der Waals surface area contributed by atoms with E-state index in [0.29, 0.717) is 18.6 Å². The van der Waals surface area contributed by atoms with Crippen molar-refractivity contribution in [2.24, 2.45) is 18.9 Å². The lowest BCUT2D eigenvalue weighted by Crippen LogP contribution is -2.45. The van der Waals surface area contributed by atoms with Crippen molar-refractivity contribution in [3.63, 3.8) is 0 Å². The number of nitrogens with zero attached hydrogens (tertiary/aromatic N) is 4. The largest absolute Gasteiger partial charge is 0.381 e. The van der Waals surface area contributed by atoms with Crippen LogP contribution in [0.1, 0.15) is 37.8 Å². The Hall–Kier alpha value is -1.40. The lowest BCUT2D eigenvalue weighted by atomic mass is 9.85. The van der Waals surface area contributed by atoms with Gasteiger partial charge in [0.05, 0.1) is 18.7 Å². The molecule has 3 heterocycles. The molecule has 2 aliphatic heterocycles. The van der Waals surface area contributed by atoms with E-state index >= 15 is 0 Å². The first-order chi connectivity index (χ1) is 11.6. The number of hydrogen-bond donors (Lipinski definition) is 0. The van der Waals surface area contributed by atoms with Gasteiger partial charge in [0, 0.05) is 45.0 Å². The van der Waals surface area contributed by atoms with Crippen LogP contribution >= 0.6 is 0 Å². The average Bonchev–Trinajstić information content (AvgIpc) is 3.25. The Balaban J connectivity index is 1.72. The van der Waals surface area contributed by atoms with Gasteiger partial charge in [-0.25, -0.2) is 0 Å². The summed E-state index contributed by atoms with van der Waals surface area (Å²) in [5, 5.41) is 4.37. The number of aryl methyl sites for hydroxylation is 1. The van der Waals surface area contributed by atoms with E-state index in [0.717, 1.165) is 39.1 Å². The van der Waals surface area contributed by atoms with Crippen LogP contribution in [0.3, 0.4) is 0 Å². The first-order valence-corrected chi connectivity index (χ1v) is 9.15. The molecule has 134 valence electrons. The molecule has 0 spiro atoms. The molecule has 2 saturated heterocycles. The van der Waals surface area contributed by atoms with E-state index in [-0.39, 0.29) is 11.8 Å². The number of aromatic nitrogens is 2. The molecule has 0 bridgehead atoms. The van der Waals surface area contributed by atoms with Gasteiger partial charge in [-0.15, -0.1) is 0 Å². The Morgan fingerprint density at radius 1 is 1.46 bits per heavy atom. The fraction of sp³-hybridized carbons (Fsp3) is 0.778. The molecule has 0 radical (unpaired) electrons. The maximum Gasteiger partial charge on any atom is 0.227 e. The molecule has 24 heavy (non-hydrogen) atoms. The highest BCUT2D eigenvalue weighted by molar-refractivity contribution is 5.79. The fourth-order valence-corrected chi connectivity index (χ4v) is 4.26. The summed E-state index contributed by atoms with van der Waals surface area (Å²) in [7, 11) is 3.92. The Labute approximate surface area is 144 Å². The third-order valence-corrected chi connectivity index (χ3v) is 5.50. The standard InChI is InChI=1S/C18H30N4O2/c1-4-22-8-5-6-14(17(22)16-10-19-21(3)12-16)11-20(2)18(23)15-7-9-24-13-15/h10,12,14-15,17H,4-9,11,13H2,1-3H3/t14-,15+,17+/m0/s1. The van der Waals surface area contributed by atoms with Crippen LogP contribution in [0, 0.1) is 11.8 Å². The van der Waals surface area contributed by atoms with E-state index in [1.54, 1.807) is 0 Å². The van der Waals surface area contributed by atoms with Crippen molar-refractivity contribution in [1.29, 1.82) is 0 Å². The zero-order chi connectivity index (χ0) is 17.1. The number of carbonyl (C=O) groups excluding carboxylic acids is 1. The van der Waals surface area contributed by atoms with Gasteiger partial charge in [-0.2, -0.15) is 5.10 Å². The van der Waals surface area contributed by atoms with Crippen molar-refractivity contribution < 1.29 is 9.53 Å². The summed E-state index contributed by atoms with van der Waals surface area (Å²) in [6.07, 6.45) is 7.33. The van der Waals surface area contributed by atoms with Gasteiger partial charge in [-0.3, -0.25) is 14.4 Å². The third-order valence-electron chi connectivity index (χ3n) is 5.50. The Morgan fingerprint density at radius 2 is 2.29 bits per heavy atom. The predicted molar refractivity (Wildman–Crippen MR) is 92.5 cm³/mol. The quantitative estimate of drug-likeness (QED) is 0.822. The Kier molecular flexibility index (Phi) is 5.56. The lowest BCUT2D eigenvalue weighted by molar-refractivity contribution is -0.135. The first kappa shape index (κ1) is 17.4. The molecule has 6 nitrogen and oxygen atoms in total. The first-order valence-electron chi connectivity index (χ1n) is 9.15. The SMILES string of the molecule is CCN1CCC[C@@H](CN(C)C(=O)[C@@H]2CCOC2)[C@@H]1c1cnn(C)c1. The third kappa shape index (κ3) is 3.64. The van der Waals surface area contributed by atoms with E-state index in [1.165, 1.54) is 12.0 Å². The van der Waals surface area contributed by atoms with E-state index in [2.05, 4.69) is 23.1 Å². The van der Waals surface area contributed by atoms with E-state index in [9.17, 15) is 4.79 Å². The summed E-state index contributed by atoms with van der Waals surface area (Å²) in [6.45, 7) is 6.49. The van der Waals surface area contributed by atoms with Gasteiger partial charge >= 0.3 is 0 Å². The molecule has 0 N–H and O–H groups in total. The summed E-state index contributed by atoms with van der Waals surface area (Å²) in [5.74, 6) is 0.753. The van der Waals surface area contributed by atoms with Crippen molar-refractivity contribution >= 4 is 5.91 Å². The number of hydrogen-bond acceptors (Lipinski definition) is 4. The molecular weight excluding hydrogens is 304 g/mol. The van der Waals surface area contributed by atoms with Crippen molar-refractivity contribution in [1.82, 2.24) is 19.6 Å². The summed E-state index contributed by atoms with van der Waals surface area (Å²) in [4.78, 5) is 17.1. The van der Waals surface area contributed by atoms with E-state index < -0.39 is 0 Å². The topological polar surface area (TPSA) is 50.6 Å². The Morgan fingerprint density at radius 3 is 2.92 bits per heavy atom. The number of amides is 1. The fourth-order valence-electron chi connectivity index (χ4n) is 4.26. The normalized spacial score (nSPS) is 28.2. The van der Waals surface area contributed by atoms with Gasteiger partial charge in [0.2, 0.25) is 5.91 Å². The zero-order valence-corrected chi connectivity index (χ0v) is 15.1. The van der Waals surface area contributed by atoms with Gasteiger partial charge in [0.15, 0.2) is 0 Å². The van der Waals surface area contributed by atoms with Crippen LogP contribution in [0.2, 0.25) is 0 Å². The molecule has 6 heteroatoms. The van der Waals surface area contributed by atoms with Crippen LogP contribution in [0.4, 0.5) is 0 Å². The molecule has 1 amide bonds. The van der Waals surface area contributed by atoms with Crippen LogP contribution < -0.4 is 0 Å². The monoisotopic (exact) mass is 334 g/mol. The number of rotatable bonds is 5. The highest BCUT2D eigenvalue weighted by atomic mass is 16.5.